The highest BCUT2D eigenvalue weighted by Crippen LogP contribution is 2.45. The van der Waals surface area contributed by atoms with Crippen molar-refractivity contribution in [2.75, 3.05) is 36.0 Å². The van der Waals surface area contributed by atoms with E-state index >= 15 is 0 Å². The Balaban J connectivity index is 1.14. The van der Waals surface area contributed by atoms with Gasteiger partial charge in [-0.1, -0.05) is 11.6 Å². The molecule has 0 bridgehead atoms. The van der Waals surface area contributed by atoms with Gasteiger partial charge >= 0.3 is 0 Å². The Hall–Kier alpha value is -3.39. The maximum absolute atomic E-state index is 13.3. The second-order valence-corrected chi connectivity index (χ2v) is 11.5. The van der Waals surface area contributed by atoms with E-state index in [-0.39, 0.29) is 23.3 Å². The van der Waals surface area contributed by atoms with Crippen LogP contribution in [0.4, 0.5) is 11.4 Å². The molecular formula is C27H29ClN6O2. The van der Waals surface area contributed by atoms with Gasteiger partial charge in [0.2, 0.25) is 0 Å². The number of benzene rings is 1. The number of fused-ring (bicyclic) bond motifs is 1. The second-order valence-electron chi connectivity index (χ2n) is 11.1. The molecule has 2 saturated heterocycles. The molecule has 0 radical (unpaired) electrons. The molecule has 3 aliphatic rings. The Morgan fingerprint density at radius 2 is 1.75 bits per heavy atom. The van der Waals surface area contributed by atoms with Gasteiger partial charge in [-0.2, -0.15) is 5.10 Å². The molecule has 1 spiro atoms. The summed E-state index contributed by atoms with van der Waals surface area (Å²) in [6, 6.07) is 7.70. The van der Waals surface area contributed by atoms with Gasteiger partial charge in [0, 0.05) is 54.4 Å². The second kappa shape index (κ2) is 7.80. The first-order chi connectivity index (χ1) is 17.1. The lowest BCUT2D eigenvalue weighted by Gasteiger charge is -2.60. The highest BCUT2D eigenvalue weighted by molar-refractivity contribution is 6.31. The van der Waals surface area contributed by atoms with Crippen molar-refractivity contribution >= 4 is 34.8 Å². The van der Waals surface area contributed by atoms with Gasteiger partial charge < -0.3 is 9.80 Å². The van der Waals surface area contributed by atoms with E-state index in [1.165, 1.54) is 0 Å². The molecule has 0 saturated carbocycles. The van der Waals surface area contributed by atoms with Gasteiger partial charge in [-0.05, 0) is 57.5 Å². The average molecular weight is 505 g/mol. The molecule has 36 heavy (non-hydrogen) atoms. The summed E-state index contributed by atoms with van der Waals surface area (Å²) in [6.07, 6.45) is 7.07. The molecule has 9 heteroatoms. The Morgan fingerprint density at radius 3 is 2.44 bits per heavy atom. The van der Waals surface area contributed by atoms with Gasteiger partial charge in [-0.3, -0.25) is 24.2 Å². The average Bonchev–Trinajstić information content (AvgIpc) is 3.34. The van der Waals surface area contributed by atoms with Crippen LogP contribution in [-0.4, -0.2) is 57.7 Å². The fraction of sp³-hybridized carbons (Fsp3) is 0.407. The zero-order valence-electron chi connectivity index (χ0n) is 20.9. The fourth-order valence-electron chi connectivity index (χ4n) is 5.82. The third-order valence-electron chi connectivity index (χ3n) is 7.74. The van der Waals surface area contributed by atoms with Gasteiger partial charge in [0.15, 0.2) is 0 Å². The molecule has 5 heterocycles. The van der Waals surface area contributed by atoms with Crippen molar-refractivity contribution in [3.63, 3.8) is 0 Å². The Bertz CT molecular complexity index is 1380. The van der Waals surface area contributed by atoms with Crippen molar-refractivity contribution in [2.45, 2.75) is 39.3 Å². The molecule has 8 nitrogen and oxygen atoms in total. The highest BCUT2D eigenvalue weighted by atomic mass is 35.5. The van der Waals surface area contributed by atoms with Gasteiger partial charge in [0.05, 0.1) is 41.1 Å². The lowest BCUT2D eigenvalue weighted by Crippen LogP contribution is -2.73. The standard InChI is InChI=1S/C27H29ClN6O2/c1-17(2)33-12-18(9-30-33)24(35)32-15-27(16-32)13-31(14-27)20-8-21(11-29-10-20)34-25(36)22-6-5-19(28)7-23(22)26(34,3)4/h5-12,17H,13-16H2,1-4H3. The van der Waals surface area contributed by atoms with Gasteiger partial charge in [0.25, 0.3) is 11.8 Å². The summed E-state index contributed by atoms with van der Waals surface area (Å²) in [7, 11) is 0. The predicted molar refractivity (Wildman–Crippen MR) is 139 cm³/mol. The molecule has 0 N–H and O–H groups in total. The quantitative estimate of drug-likeness (QED) is 0.527. The van der Waals surface area contributed by atoms with E-state index in [9.17, 15) is 9.59 Å². The largest absolute Gasteiger partial charge is 0.369 e. The van der Waals surface area contributed by atoms with E-state index in [4.69, 9.17) is 11.6 Å². The highest BCUT2D eigenvalue weighted by Gasteiger charge is 2.53. The van der Waals surface area contributed by atoms with Crippen LogP contribution in [0.15, 0.2) is 49.1 Å². The zero-order valence-corrected chi connectivity index (χ0v) is 21.7. The minimum atomic E-state index is -0.536. The Kier molecular flexibility index (Phi) is 4.99. The maximum Gasteiger partial charge on any atom is 0.259 e. The molecule has 2 fully saturated rings. The summed E-state index contributed by atoms with van der Waals surface area (Å²) in [5.74, 6) is 0.00344. The number of likely N-dealkylation sites (tertiary alicyclic amines) is 1. The third-order valence-corrected chi connectivity index (χ3v) is 7.97. The van der Waals surface area contributed by atoms with E-state index < -0.39 is 5.54 Å². The SMILES string of the molecule is CC(C)n1cc(C(=O)N2CC3(C2)CN(c2cncc(N4C(=O)c5ccc(Cl)cc5C4(C)C)c2)C3)cn1. The first kappa shape index (κ1) is 23.0. The van der Waals surface area contributed by atoms with Crippen LogP contribution in [0, 0.1) is 5.41 Å². The van der Waals surface area contributed by atoms with Crippen molar-refractivity contribution in [1.29, 1.82) is 0 Å². The molecule has 0 atom stereocenters. The van der Waals surface area contributed by atoms with E-state index in [1.54, 1.807) is 29.4 Å². The summed E-state index contributed by atoms with van der Waals surface area (Å²) in [4.78, 5) is 36.6. The predicted octanol–water partition coefficient (Wildman–Crippen LogP) is 4.37. The van der Waals surface area contributed by atoms with Crippen LogP contribution < -0.4 is 9.80 Å². The molecule has 3 aliphatic heterocycles. The van der Waals surface area contributed by atoms with Crippen LogP contribution >= 0.6 is 11.6 Å². The number of anilines is 2. The number of carbonyl (C=O) groups is 2. The minimum Gasteiger partial charge on any atom is -0.369 e. The van der Waals surface area contributed by atoms with Gasteiger partial charge in [-0.15, -0.1) is 0 Å². The summed E-state index contributed by atoms with van der Waals surface area (Å²) in [5.41, 5.74) is 3.58. The van der Waals surface area contributed by atoms with Gasteiger partial charge in [-0.25, -0.2) is 0 Å². The van der Waals surface area contributed by atoms with Crippen LogP contribution in [-0.2, 0) is 5.54 Å². The van der Waals surface area contributed by atoms with Crippen LogP contribution in [0.25, 0.3) is 0 Å². The van der Waals surface area contributed by atoms with E-state index in [2.05, 4.69) is 15.0 Å². The molecule has 2 aromatic heterocycles. The first-order valence-corrected chi connectivity index (χ1v) is 12.6. The number of hydrogen-bond acceptors (Lipinski definition) is 5. The summed E-state index contributed by atoms with van der Waals surface area (Å²) in [5, 5.41) is 4.91. The molecule has 2 amide bonds. The summed E-state index contributed by atoms with van der Waals surface area (Å²) < 4.78 is 1.81. The monoisotopic (exact) mass is 504 g/mol. The number of amides is 2. The number of aromatic nitrogens is 3. The fourth-order valence-corrected chi connectivity index (χ4v) is 5.99. The number of rotatable bonds is 4. The van der Waals surface area contributed by atoms with E-state index in [1.807, 2.05) is 61.8 Å². The number of carbonyl (C=O) groups excluding carboxylic acids is 2. The molecule has 186 valence electrons. The topological polar surface area (TPSA) is 74.6 Å². The van der Waals surface area contributed by atoms with Crippen molar-refractivity contribution in [1.82, 2.24) is 19.7 Å². The van der Waals surface area contributed by atoms with Crippen molar-refractivity contribution in [3.05, 3.63) is 70.8 Å². The van der Waals surface area contributed by atoms with Crippen molar-refractivity contribution in [2.24, 2.45) is 5.41 Å². The van der Waals surface area contributed by atoms with Gasteiger partial charge in [0.1, 0.15) is 0 Å². The lowest BCUT2D eigenvalue weighted by molar-refractivity contribution is -0.0105. The molecule has 6 rings (SSSR count). The Labute approximate surface area is 215 Å². The van der Waals surface area contributed by atoms with Crippen LogP contribution in [0.3, 0.4) is 0 Å². The maximum atomic E-state index is 13.3. The number of pyridine rings is 1. The molecule has 0 unspecified atom stereocenters. The molecule has 1 aromatic carbocycles. The first-order valence-electron chi connectivity index (χ1n) is 12.3. The Morgan fingerprint density at radius 1 is 1.03 bits per heavy atom. The summed E-state index contributed by atoms with van der Waals surface area (Å²) in [6.45, 7) is 11.4. The summed E-state index contributed by atoms with van der Waals surface area (Å²) >= 11 is 6.23. The van der Waals surface area contributed by atoms with Crippen LogP contribution in [0.1, 0.15) is 60.0 Å². The minimum absolute atomic E-state index is 0.0420. The third kappa shape index (κ3) is 3.42. The molecule has 3 aromatic rings. The number of halogens is 1. The van der Waals surface area contributed by atoms with Crippen LogP contribution in [0.5, 0.6) is 0 Å². The van der Waals surface area contributed by atoms with Crippen molar-refractivity contribution in [3.8, 4) is 0 Å². The smallest absolute Gasteiger partial charge is 0.259 e. The zero-order chi connectivity index (χ0) is 25.4. The molecular weight excluding hydrogens is 476 g/mol. The van der Waals surface area contributed by atoms with E-state index in [0.29, 0.717) is 16.1 Å². The normalized spacial score (nSPS) is 19.5. The van der Waals surface area contributed by atoms with Crippen LogP contribution in [0.2, 0.25) is 5.02 Å². The number of hydrogen-bond donors (Lipinski definition) is 0. The van der Waals surface area contributed by atoms with E-state index in [0.717, 1.165) is 43.1 Å². The lowest BCUT2D eigenvalue weighted by atomic mass is 9.72. The van der Waals surface area contributed by atoms with Crippen molar-refractivity contribution < 1.29 is 9.59 Å². The number of nitrogens with zero attached hydrogens (tertiary/aromatic N) is 6. The molecule has 0 aliphatic carbocycles.